The maximum absolute atomic E-state index is 13.0. The van der Waals surface area contributed by atoms with Crippen LogP contribution in [0.5, 0.6) is 5.75 Å². The van der Waals surface area contributed by atoms with Crippen molar-refractivity contribution in [2.45, 2.75) is 38.3 Å². The molecule has 0 aliphatic carbocycles. The number of nitrogens with one attached hydrogen (secondary N) is 1. The van der Waals surface area contributed by atoms with Crippen LogP contribution in [0.3, 0.4) is 0 Å². The van der Waals surface area contributed by atoms with Crippen LogP contribution in [0.1, 0.15) is 18.0 Å². The third kappa shape index (κ3) is 6.16. The molecule has 0 amide bonds. The number of hydrogen-bond donors (Lipinski definition) is 1. The lowest BCUT2D eigenvalue weighted by Gasteiger charge is -2.35. The van der Waals surface area contributed by atoms with Gasteiger partial charge in [-0.1, -0.05) is 12.1 Å². The molecule has 1 aliphatic heterocycles. The molecule has 0 radical (unpaired) electrons. The second-order valence-electron chi connectivity index (χ2n) is 6.90. The van der Waals surface area contributed by atoms with Crippen molar-refractivity contribution in [2.24, 2.45) is 0 Å². The quantitative estimate of drug-likeness (QED) is 0.821. The normalized spacial score (nSPS) is 18.7. The van der Waals surface area contributed by atoms with Gasteiger partial charge in [-0.05, 0) is 37.3 Å². The van der Waals surface area contributed by atoms with Crippen LogP contribution in [-0.2, 0) is 0 Å². The Morgan fingerprint density at radius 3 is 2.17 bits per heavy atom. The van der Waals surface area contributed by atoms with E-state index in [0.717, 1.165) is 18.8 Å². The standard InChI is InChI=1S/C16H25F3N2OSi/c1-23(2,3)22-14-6-4-13(5-7-14)15(12-16(17,18)19)21-10-8-20-9-11-21/h4-7,15,20H,8-12H2,1-3H3/t15-/m1/s1. The van der Waals surface area contributed by atoms with E-state index in [-0.39, 0.29) is 0 Å². The lowest BCUT2D eigenvalue weighted by atomic mass is 10.0. The van der Waals surface area contributed by atoms with Crippen LogP contribution in [0.25, 0.3) is 0 Å². The summed E-state index contributed by atoms with van der Waals surface area (Å²) in [5, 5.41) is 3.18. The van der Waals surface area contributed by atoms with E-state index in [1.54, 1.807) is 24.3 Å². The number of halogens is 3. The summed E-state index contributed by atoms with van der Waals surface area (Å²) < 4.78 is 44.8. The molecular formula is C16H25F3N2OSi. The predicted octanol–water partition coefficient (Wildman–Crippen LogP) is 3.80. The van der Waals surface area contributed by atoms with E-state index in [9.17, 15) is 13.2 Å². The van der Waals surface area contributed by atoms with Crippen LogP contribution in [0.4, 0.5) is 13.2 Å². The number of alkyl halides is 3. The van der Waals surface area contributed by atoms with Gasteiger partial charge < -0.3 is 9.74 Å². The molecule has 2 rings (SSSR count). The molecule has 1 atom stereocenters. The van der Waals surface area contributed by atoms with Crippen molar-refractivity contribution < 1.29 is 17.6 Å². The first-order valence-electron chi connectivity index (χ1n) is 7.94. The lowest BCUT2D eigenvalue weighted by Crippen LogP contribution is -2.46. The molecule has 1 aromatic rings. The van der Waals surface area contributed by atoms with E-state index in [0.29, 0.717) is 18.7 Å². The van der Waals surface area contributed by atoms with Gasteiger partial charge in [0, 0.05) is 32.2 Å². The highest BCUT2D eigenvalue weighted by molar-refractivity contribution is 6.70. The Balaban J connectivity index is 2.17. The summed E-state index contributed by atoms with van der Waals surface area (Å²) in [6, 6.07) is 6.50. The van der Waals surface area contributed by atoms with Crippen molar-refractivity contribution in [1.82, 2.24) is 10.2 Å². The third-order valence-electron chi connectivity index (χ3n) is 3.71. The topological polar surface area (TPSA) is 24.5 Å². The van der Waals surface area contributed by atoms with Gasteiger partial charge >= 0.3 is 6.18 Å². The highest BCUT2D eigenvalue weighted by Gasteiger charge is 2.36. The molecule has 1 aliphatic rings. The Labute approximate surface area is 136 Å². The van der Waals surface area contributed by atoms with Crippen LogP contribution in [0.15, 0.2) is 24.3 Å². The summed E-state index contributed by atoms with van der Waals surface area (Å²) in [5.74, 6) is 0.735. The largest absolute Gasteiger partial charge is 0.544 e. The molecule has 7 heteroatoms. The minimum Gasteiger partial charge on any atom is -0.544 e. The van der Waals surface area contributed by atoms with Crippen LogP contribution >= 0.6 is 0 Å². The van der Waals surface area contributed by atoms with Crippen molar-refractivity contribution in [3.63, 3.8) is 0 Å². The zero-order valence-corrected chi connectivity index (χ0v) is 14.9. The second kappa shape index (κ2) is 7.23. The monoisotopic (exact) mass is 346 g/mol. The summed E-state index contributed by atoms with van der Waals surface area (Å²) in [6.07, 6.45) is -5.00. The van der Waals surface area contributed by atoms with Gasteiger partial charge in [0.05, 0.1) is 6.42 Å². The summed E-state index contributed by atoms with van der Waals surface area (Å²) in [4.78, 5) is 1.92. The van der Waals surface area contributed by atoms with Gasteiger partial charge in [-0.3, -0.25) is 4.90 Å². The molecule has 1 fully saturated rings. The first-order valence-corrected chi connectivity index (χ1v) is 11.4. The molecule has 0 saturated carbocycles. The fraction of sp³-hybridized carbons (Fsp3) is 0.625. The maximum atomic E-state index is 13.0. The average molecular weight is 346 g/mol. The molecule has 1 N–H and O–H groups in total. The zero-order chi connectivity index (χ0) is 17.1. The Morgan fingerprint density at radius 2 is 1.70 bits per heavy atom. The van der Waals surface area contributed by atoms with Gasteiger partial charge in [-0.15, -0.1) is 0 Å². The molecule has 0 bridgehead atoms. The summed E-state index contributed by atoms with van der Waals surface area (Å²) in [7, 11) is -1.71. The Kier molecular flexibility index (Phi) is 5.75. The molecule has 3 nitrogen and oxygen atoms in total. The molecule has 23 heavy (non-hydrogen) atoms. The summed E-state index contributed by atoms with van der Waals surface area (Å²) in [6.45, 7) is 8.95. The fourth-order valence-electron chi connectivity index (χ4n) is 2.78. The van der Waals surface area contributed by atoms with Gasteiger partial charge in [0.25, 0.3) is 0 Å². The highest BCUT2D eigenvalue weighted by Crippen LogP contribution is 2.34. The average Bonchev–Trinajstić information content (AvgIpc) is 2.44. The van der Waals surface area contributed by atoms with Gasteiger partial charge in [-0.2, -0.15) is 13.2 Å². The second-order valence-corrected chi connectivity index (χ2v) is 11.3. The van der Waals surface area contributed by atoms with E-state index in [1.165, 1.54) is 0 Å². The van der Waals surface area contributed by atoms with Gasteiger partial charge in [0.2, 0.25) is 8.32 Å². The molecule has 1 saturated heterocycles. The Bertz CT molecular complexity index is 494. The smallest absolute Gasteiger partial charge is 0.390 e. The Morgan fingerprint density at radius 1 is 1.13 bits per heavy atom. The van der Waals surface area contributed by atoms with Crippen molar-refractivity contribution in [3.05, 3.63) is 29.8 Å². The van der Waals surface area contributed by atoms with E-state index in [1.807, 2.05) is 4.90 Å². The van der Waals surface area contributed by atoms with Crippen molar-refractivity contribution in [1.29, 1.82) is 0 Å². The molecule has 1 heterocycles. The van der Waals surface area contributed by atoms with E-state index in [2.05, 4.69) is 25.0 Å². The third-order valence-corrected chi connectivity index (χ3v) is 4.55. The lowest BCUT2D eigenvalue weighted by molar-refractivity contribution is -0.148. The first kappa shape index (κ1) is 18.3. The van der Waals surface area contributed by atoms with Crippen LogP contribution in [-0.4, -0.2) is 45.6 Å². The van der Waals surface area contributed by atoms with E-state index >= 15 is 0 Å². The van der Waals surface area contributed by atoms with Crippen LogP contribution < -0.4 is 9.74 Å². The van der Waals surface area contributed by atoms with Crippen molar-refractivity contribution >= 4 is 8.32 Å². The molecule has 0 aromatic heterocycles. The van der Waals surface area contributed by atoms with Crippen molar-refractivity contribution in [3.8, 4) is 5.75 Å². The fourth-order valence-corrected chi connectivity index (χ4v) is 3.63. The molecule has 130 valence electrons. The highest BCUT2D eigenvalue weighted by atomic mass is 28.4. The molecule has 0 spiro atoms. The number of benzene rings is 1. The predicted molar refractivity (Wildman–Crippen MR) is 88.3 cm³/mol. The number of rotatable bonds is 5. The van der Waals surface area contributed by atoms with E-state index < -0.39 is 27.0 Å². The maximum Gasteiger partial charge on any atom is 0.390 e. The molecule has 1 aromatic carbocycles. The van der Waals surface area contributed by atoms with Gasteiger partial charge in [0.1, 0.15) is 5.75 Å². The minimum absolute atomic E-state index is 0.627. The summed E-state index contributed by atoms with van der Waals surface area (Å²) >= 11 is 0. The van der Waals surface area contributed by atoms with Crippen LogP contribution in [0, 0.1) is 0 Å². The Hall–Kier alpha value is -1.05. The zero-order valence-electron chi connectivity index (χ0n) is 13.9. The minimum atomic E-state index is -4.18. The first-order chi connectivity index (χ1) is 10.6. The van der Waals surface area contributed by atoms with Gasteiger partial charge in [0.15, 0.2) is 0 Å². The van der Waals surface area contributed by atoms with Crippen LogP contribution in [0.2, 0.25) is 19.6 Å². The number of nitrogens with zero attached hydrogens (tertiary/aromatic N) is 1. The SMILES string of the molecule is C[Si](C)(C)Oc1ccc([C@@H](CC(F)(F)F)N2CCNCC2)cc1. The van der Waals surface area contributed by atoms with Crippen molar-refractivity contribution in [2.75, 3.05) is 26.2 Å². The number of hydrogen-bond acceptors (Lipinski definition) is 3. The summed E-state index contributed by atoms with van der Waals surface area (Å²) in [5.41, 5.74) is 0.701. The molecule has 0 unspecified atom stereocenters. The number of piperazine rings is 1. The van der Waals surface area contributed by atoms with Gasteiger partial charge in [-0.25, -0.2) is 0 Å². The molecular weight excluding hydrogens is 321 g/mol. The van der Waals surface area contributed by atoms with E-state index in [4.69, 9.17) is 4.43 Å².